The third-order valence-electron chi connectivity index (χ3n) is 3.50. The third kappa shape index (κ3) is 3.73. The molecule has 4 heteroatoms. The Hall–Kier alpha value is -2.07. The van der Waals surface area contributed by atoms with Gasteiger partial charge in [-0.25, -0.2) is 4.39 Å². The molecule has 1 heterocycles. The van der Waals surface area contributed by atoms with Crippen LogP contribution < -0.4 is 9.47 Å². The SMILES string of the molecule is Fc1cccc(OCCN2CCOc3ccccc3C2)c1. The molecule has 0 fully saturated rings. The molecule has 2 aromatic carbocycles. The molecule has 0 bridgehead atoms. The van der Waals surface area contributed by atoms with E-state index in [1.54, 1.807) is 12.1 Å². The predicted molar refractivity (Wildman–Crippen MR) is 79.1 cm³/mol. The fourth-order valence-corrected chi connectivity index (χ4v) is 2.42. The second-order valence-electron chi connectivity index (χ2n) is 5.04. The molecule has 0 unspecified atom stereocenters. The summed E-state index contributed by atoms with van der Waals surface area (Å²) < 4.78 is 24.4. The highest BCUT2D eigenvalue weighted by Crippen LogP contribution is 2.22. The number of para-hydroxylation sites is 1. The number of halogens is 1. The minimum atomic E-state index is -0.274. The zero-order chi connectivity index (χ0) is 14.5. The van der Waals surface area contributed by atoms with E-state index in [0.29, 0.717) is 19.0 Å². The first-order chi connectivity index (χ1) is 10.3. The summed E-state index contributed by atoms with van der Waals surface area (Å²) in [6.07, 6.45) is 0. The van der Waals surface area contributed by atoms with Crippen molar-refractivity contribution in [3.05, 3.63) is 59.9 Å². The molecule has 0 atom stereocenters. The monoisotopic (exact) mass is 287 g/mol. The van der Waals surface area contributed by atoms with Crippen molar-refractivity contribution >= 4 is 0 Å². The fraction of sp³-hybridized carbons (Fsp3) is 0.294. The molecule has 1 aliphatic heterocycles. The molecule has 110 valence electrons. The predicted octanol–water partition coefficient (Wildman–Crippen LogP) is 3.10. The van der Waals surface area contributed by atoms with Crippen molar-refractivity contribution in [3.8, 4) is 11.5 Å². The molecule has 1 aliphatic rings. The Balaban J connectivity index is 1.54. The summed E-state index contributed by atoms with van der Waals surface area (Å²) >= 11 is 0. The summed E-state index contributed by atoms with van der Waals surface area (Å²) in [5, 5.41) is 0. The maximum Gasteiger partial charge on any atom is 0.126 e. The Morgan fingerprint density at radius 2 is 2.05 bits per heavy atom. The Morgan fingerprint density at radius 1 is 1.14 bits per heavy atom. The zero-order valence-electron chi connectivity index (χ0n) is 11.8. The van der Waals surface area contributed by atoms with Crippen molar-refractivity contribution in [3.63, 3.8) is 0 Å². The molecule has 0 radical (unpaired) electrons. The van der Waals surface area contributed by atoms with Gasteiger partial charge in [-0.15, -0.1) is 0 Å². The second kappa shape index (κ2) is 6.59. The minimum absolute atomic E-state index is 0.274. The lowest BCUT2D eigenvalue weighted by atomic mass is 10.2. The van der Waals surface area contributed by atoms with E-state index in [1.165, 1.54) is 17.7 Å². The van der Waals surface area contributed by atoms with Crippen LogP contribution in [-0.2, 0) is 6.54 Å². The summed E-state index contributed by atoms with van der Waals surface area (Å²) in [5.74, 6) is 1.26. The van der Waals surface area contributed by atoms with Crippen molar-refractivity contribution in [2.24, 2.45) is 0 Å². The van der Waals surface area contributed by atoms with Crippen LogP contribution in [0.25, 0.3) is 0 Å². The Morgan fingerprint density at radius 3 is 2.95 bits per heavy atom. The zero-order valence-corrected chi connectivity index (χ0v) is 11.8. The van der Waals surface area contributed by atoms with Crippen LogP contribution >= 0.6 is 0 Å². The average molecular weight is 287 g/mol. The average Bonchev–Trinajstić information content (AvgIpc) is 2.69. The molecule has 0 amide bonds. The van der Waals surface area contributed by atoms with Gasteiger partial charge in [-0.05, 0) is 18.2 Å². The van der Waals surface area contributed by atoms with Crippen LogP contribution in [0.4, 0.5) is 4.39 Å². The van der Waals surface area contributed by atoms with Gasteiger partial charge in [0.2, 0.25) is 0 Å². The first kappa shape index (κ1) is 13.9. The van der Waals surface area contributed by atoms with Crippen LogP contribution in [0.5, 0.6) is 11.5 Å². The van der Waals surface area contributed by atoms with Crippen LogP contribution in [0.3, 0.4) is 0 Å². The maximum absolute atomic E-state index is 13.1. The normalized spacial score (nSPS) is 14.9. The molecule has 0 saturated carbocycles. The Bertz CT molecular complexity index is 603. The summed E-state index contributed by atoms with van der Waals surface area (Å²) in [4.78, 5) is 2.28. The number of hydrogen-bond acceptors (Lipinski definition) is 3. The molecule has 0 N–H and O–H groups in total. The highest BCUT2D eigenvalue weighted by Gasteiger charge is 2.14. The van der Waals surface area contributed by atoms with E-state index in [2.05, 4.69) is 11.0 Å². The van der Waals surface area contributed by atoms with E-state index in [-0.39, 0.29) is 5.82 Å². The van der Waals surface area contributed by atoms with Gasteiger partial charge in [-0.2, -0.15) is 0 Å². The first-order valence-corrected chi connectivity index (χ1v) is 7.13. The lowest BCUT2D eigenvalue weighted by Crippen LogP contribution is -2.30. The molecule has 0 aliphatic carbocycles. The highest BCUT2D eigenvalue weighted by molar-refractivity contribution is 5.33. The van der Waals surface area contributed by atoms with Crippen LogP contribution in [-0.4, -0.2) is 31.2 Å². The molecule has 0 saturated heterocycles. The van der Waals surface area contributed by atoms with Crippen LogP contribution in [0, 0.1) is 5.82 Å². The molecule has 3 nitrogen and oxygen atoms in total. The molecule has 0 aromatic heterocycles. The smallest absolute Gasteiger partial charge is 0.126 e. The van der Waals surface area contributed by atoms with Crippen molar-refractivity contribution in [2.45, 2.75) is 6.54 Å². The van der Waals surface area contributed by atoms with E-state index in [0.717, 1.165) is 25.4 Å². The largest absolute Gasteiger partial charge is 0.492 e. The molecular weight excluding hydrogens is 269 g/mol. The number of ether oxygens (including phenoxy) is 2. The number of hydrogen-bond donors (Lipinski definition) is 0. The van der Waals surface area contributed by atoms with Crippen LogP contribution in [0.1, 0.15) is 5.56 Å². The standard InChI is InChI=1S/C17H18FNO2/c18-15-5-3-6-16(12-15)20-10-8-19-9-11-21-17-7-2-1-4-14(17)13-19/h1-7,12H,8-11,13H2. The van der Waals surface area contributed by atoms with E-state index in [9.17, 15) is 4.39 Å². The summed E-state index contributed by atoms with van der Waals surface area (Å²) in [6, 6.07) is 14.3. The highest BCUT2D eigenvalue weighted by atomic mass is 19.1. The lowest BCUT2D eigenvalue weighted by molar-refractivity contribution is 0.186. The Kier molecular flexibility index (Phi) is 4.36. The van der Waals surface area contributed by atoms with Crippen LogP contribution in [0.15, 0.2) is 48.5 Å². The summed E-state index contributed by atoms with van der Waals surface area (Å²) in [6.45, 7) is 3.71. The second-order valence-corrected chi connectivity index (χ2v) is 5.04. The number of nitrogens with zero attached hydrogens (tertiary/aromatic N) is 1. The van der Waals surface area contributed by atoms with E-state index in [1.807, 2.05) is 18.2 Å². The van der Waals surface area contributed by atoms with Crippen molar-refractivity contribution in [1.29, 1.82) is 0 Å². The van der Waals surface area contributed by atoms with Gasteiger partial charge in [0.25, 0.3) is 0 Å². The third-order valence-corrected chi connectivity index (χ3v) is 3.50. The number of fused-ring (bicyclic) bond motifs is 1. The van der Waals surface area contributed by atoms with Crippen LogP contribution in [0.2, 0.25) is 0 Å². The minimum Gasteiger partial charge on any atom is -0.492 e. The molecule has 3 rings (SSSR count). The van der Waals surface area contributed by atoms with E-state index in [4.69, 9.17) is 9.47 Å². The molecule has 21 heavy (non-hydrogen) atoms. The summed E-state index contributed by atoms with van der Waals surface area (Å²) in [5.41, 5.74) is 1.20. The van der Waals surface area contributed by atoms with Gasteiger partial charge in [0.05, 0.1) is 0 Å². The number of benzene rings is 2. The summed E-state index contributed by atoms with van der Waals surface area (Å²) in [7, 11) is 0. The van der Waals surface area contributed by atoms with Gasteiger partial charge in [-0.3, -0.25) is 4.90 Å². The molecular formula is C17H18FNO2. The van der Waals surface area contributed by atoms with Gasteiger partial charge >= 0.3 is 0 Å². The first-order valence-electron chi connectivity index (χ1n) is 7.13. The quantitative estimate of drug-likeness (QED) is 0.862. The van der Waals surface area contributed by atoms with Crippen molar-refractivity contribution < 1.29 is 13.9 Å². The van der Waals surface area contributed by atoms with Gasteiger partial charge in [-0.1, -0.05) is 24.3 Å². The van der Waals surface area contributed by atoms with E-state index >= 15 is 0 Å². The van der Waals surface area contributed by atoms with E-state index < -0.39 is 0 Å². The van der Waals surface area contributed by atoms with Gasteiger partial charge in [0.1, 0.15) is 30.5 Å². The fourth-order valence-electron chi connectivity index (χ4n) is 2.42. The van der Waals surface area contributed by atoms with Crippen molar-refractivity contribution in [2.75, 3.05) is 26.3 Å². The number of rotatable bonds is 4. The Labute approximate surface area is 123 Å². The van der Waals surface area contributed by atoms with Gasteiger partial charge < -0.3 is 9.47 Å². The molecule has 0 spiro atoms. The lowest BCUT2D eigenvalue weighted by Gasteiger charge is -2.19. The van der Waals surface area contributed by atoms with Gasteiger partial charge in [0, 0.05) is 31.3 Å². The van der Waals surface area contributed by atoms with Crippen molar-refractivity contribution in [1.82, 2.24) is 4.90 Å². The maximum atomic E-state index is 13.1. The van der Waals surface area contributed by atoms with Gasteiger partial charge in [0.15, 0.2) is 0 Å². The molecule has 2 aromatic rings. The topological polar surface area (TPSA) is 21.7 Å².